The van der Waals surface area contributed by atoms with Gasteiger partial charge in [0.05, 0.1) is 23.5 Å². The summed E-state index contributed by atoms with van der Waals surface area (Å²) in [6, 6.07) is 17.1. The van der Waals surface area contributed by atoms with Crippen molar-refractivity contribution in [1.29, 1.82) is 0 Å². The molecule has 176 valence electrons. The van der Waals surface area contributed by atoms with Crippen LogP contribution in [0.4, 0.5) is 0 Å². The third-order valence-corrected chi connectivity index (χ3v) is 6.02. The van der Waals surface area contributed by atoms with Crippen molar-refractivity contribution < 1.29 is 4.79 Å². The third kappa shape index (κ3) is 6.29. The van der Waals surface area contributed by atoms with E-state index in [-0.39, 0.29) is 17.5 Å². The van der Waals surface area contributed by atoms with E-state index >= 15 is 0 Å². The van der Waals surface area contributed by atoms with E-state index in [1.807, 2.05) is 80.5 Å². The predicted octanol–water partition coefficient (Wildman–Crippen LogP) is 4.48. The summed E-state index contributed by atoms with van der Waals surface area (Å²) in [6.45, 7) is 5.89. The summed E-state index contributed by atoms with van der Waals surface area (Å²) in [5, 5.41) is 0.596. The minimum absolute atomic E-state index is 0.0719. The van der Waals surface area contributed by atoms with Crippen LogP contribution in [0.3, 0.4) is 0 Å². The zero-order valence-electron chi connectivity index (χ0n) is 20.3. The predicted molar refractivity (Wildman–Crippen MR) is 134 cm³/mol. The SMILES string of the molecule is CCCCCC(=O)N(CCN(C)C)C(C)c1nc2ccccc2c(=O)n1Cc1ccccc1. The Bertz CT molecular complexity index is 1110. The highest BCUT2D eigenvalue weighted by atomic mass is 16.2. The van der Waals surface area contributed by atoms with Crippen molar-refractivity contribution in [3.05, 3.63) is 76.3 Å². The molecule has 0 fully saturated rings. The van der Waals surface area contributed by atoms with Gasteiger partial charge in [0.15, 0.2) is 0 Å². The topological polar surface area (TPSA) is 58.4 Å². The first-order chi connectivity index (χ1) is 15.9. The van der Waals surface area contributed by atoms with E-state index in [9.17, 15) is 9.59 Å². The number of hydrogen-bond donors (Lipinski definition) is 0. The van der Waals surface area contributed by atoms with Gasteiger partial charge in [-0.25, -0.2) is 4.98 Å². The van der Waals surface area contributed by atoms with Gasteiger partial charge in [-0.15, -0.1) is 0 Å². The molecule has 0 radical (unpaired) electrons. The number of amides is 1. The Morgan fingerprint density at radius 3 is 2.39 bits per heavy atom. The molecule has 1 amide bonds. The number of carbonyl (C=O) groups excluding carboxylic acids is 1. The third-order valence-electron chi connectivity index (χ3n) is 6.02. The second-order valence-electron chi connectivity index (χ2n) is 8.89. The average Bonchev–Trinajstić information content (AvgIpc) is 2.81. The smallest absolute Gasteiger partial charge is 0.261 e. The van der Waals surface area contributed by atoms with Gasteiger partial charge in [-0.1, -0.05) is 62.2 Å². The summed E-state index contributed by atoms with van der Waals surface area (Å²) in [5.41, 5.74) is 1.62. The molecule has 0 aliphatic rings. The van der Waals surface area contributed by atoms with Gasteiger partial charge in [-0.3, -0.25) is 14.2 Å². The van der Waals surface area contributed by atoms with Crippen LogP contribution >= 0.6 is 0 Å². The monoisotopic (exact) mass is 448 g/mol. The number of unbranched alkanes of at least 4 members (excludes halogenated alkanes) is 2. The highest BCUT2D eigenvalue weighted by Crippen LogP contribution is 2.22. The lowest BCUT2D eigenvalue weighted by Gasteiger charge is -2.31. The molecule has 2 aromatic carbocycles. The first-order valence-corrected chi connectivity index (χ1v) is 11.9. The first kappa shape index (κ1) is 24.6. The second kappa shape index (κ2) is 11.8. The van der Waals surface area contributed by atoms with Gasteiger partial charge < -0.3 is 9.80 Å². The molecule has 1 atom stereocenters. The molecule has 0 aliphatic heterocycles. The standard InChI is InChI=1S/C27H36N4O2/c1-5-6-8-17-25(32)30(19-18-29(3)4)21(2)26-28-24-16-12-11-15-23(24)27(33)31(26)20-22-13-9-7-10-14-22/h7,9-16,21H,5-6,8,17-20H2,1-4H3. The van der Waals surface area contributed by atoms with Crippen molar-refractivity contribution in [1.82, 2.24) is 19.4 Å². The van der Waals surface area contributed by atoms with Crippen molar-refractivity contribution in [2.75, 3.05) is 27.2 Å². The van der Waals surface area contributed by atoms with Crippen molar-refractivity contribution in [2.24, 2.45) is 0 Å². The van der Waals surface area contributed by atoms with Crippen LogP contribution in [0.25, 0.3) is 10.9 Å². The van der Waals surface area contributed by atoms with E-state index in [1.165, 1.54) is 0 Å². The fraction of sp³-hybridized carbons (Fsp3) is 0.444. The first-order valence-electron chi connectivity index (χ1n) is 11.9. The number of benzene rings is 2. The molecule has 0 aliphatic carbocycles. The molecule has 0 N–H and O–H groups in total. The Kier molecular flexibility index (Phi) is 8.78. The number of hydrogen-bond acceptors (Lipinski definition) is 4. The lowest BCUT2D eigenvalue weighted by atomic mass is 10.1. The van der Waals surface area contributed by atoms with Crippen LogP contribution in [-0.4, -0.2) is 52.4 Å². The Morgan fingerprint density at radius 2 is 1.70 bits per heavy atom. The Balaban J connectivity index is 2.05. The van der Waals surface area contributed by atoms with Gasteiger partial charge in [-0.05, 0) is 45.1 Å². The van der Waals surface area contributed by atoms with Crippen LogP contribution in [0, 0.1) is 0 Å². The van der Waals surface area contributed by atoms with Crippen LogP contribution < -0.4 is 5.56 Å². The van der Waals surface area contributed by atoms with Gasteiger partial charge >= 0.3 is 0 Å². The zero-order valence-corrected chi connectivity index (χ0v) is 20.3. The number of nitrogens with zero attached hydrogens (tertiary/aromatic N) is 4. The molecular weight excluding hydrogens is 412 g/mol. The molecule has 6 nitrogen and oxygen atoms in total. The highest BCUT2D eigenvalue weighted by Gasteiger charge is 2.26. The molecule has 1 heterocycles. The second-order valence-corrected chi connectivity index (χ2v) is 8.89. The summed E-state index contributed by atoms with van der Waals surface area (Å²) in [5.74, 6) is 0.747. The summed E-state index contributed by atoms with van der Waals surface area (Å²) in [7, 11) is 4.01. The molecule has 3 aromatic rings. The molecule has 33 heavy (non-hydrogen) atoms. The van der Waals surface area contributed by atoms with Gasteiger partial charge in [0.2, 0.25) is 5.91 Å². The molecule has 0 spiro atoms. The molecule has 0 bridgehead atoms. The summed E-state index contributed by atoms with van der Waals surface area (Å²) in [6.07, 6.45) is 3.50. The van der Waals surface area contributed by atoms with Crippen LogP contribution in [0.2, 0.25) is 0 Å². The summed E-state index contributed by atoms with van der Waals surface area (Å²) >= 11 is 0. The molecule has 3 rings (SSSR count). The van der Waals surface area contributed by atoms with E-state index < -0.39 is 0 Å². The summed E-state index contributed by atoms with van der Waals surface area (Å²) < 4.78 is 1.74. The Hall–Kier alpha value is -2.99. The zero-order chi connectivity index (χ0) is 23.8. The maximum atomic E-state index is 13.5. The Labute approximate surface area is 196 Å². The molecule has 1 unspecified atom stereocenters. The van der Waals surface area contributed by atoms with Crippen LogP contribution in [-0.2, 0) is 11.3 Å². The fourth-order valence-electron chi connectivity index (χ4n) is 4.07. The van der Waals surface area contributed by atoms with Gasteiger partial charge in [0, 0.05) is 19.5 Å². The lowest BCUT2D eigenvalue weighted by Crippen LogP contribution is -2.41. The maximum Gasteiger partial charge on any atom is 0.261 e. The average molecular weight is 449 g/mol. The normalized spacial score (nSPS) is 12.3. The maximum absolute atomic E-state index is 13.5. The van der Waals surface area contributed by atoms with E-state index in [0.29, 0.717) is 36.2 Å². The largest absolute Gasteiger partial charge is 0.332 e. The summed E-state index contributed by atoms with van der Waals surface area (Å²) in [4.78, 5) is 35.7. The van der Waals surface area contributed by atoms with E-state index in [0.717, 1.165) is 31.4 Å². The molecule has 0 saturated heterocycles. The van der Waals surface area contributed by atoms with Crippen LogP contribution in [0.15, 0.2) is 59.4 Å². The number of likely N-dealkylation sites (N-methyl/N-ethyl adjacent to an activating group) is 1. The van der Waals surface area contributed by atoms with E-state index in [4.69, 9.17) is 4.98 Å². The van der Waals surface area contributed by atoms with Crippen molar-refractivity contribution in [2.45, 2.75) is 52.1 Å². The molecule has 6 heteroatoms. The fourth-order valence-corrected chi connectivity index (χ4v) is 4.07. The van der Waals surface area contributed by atoms with Crippen LogP contribution in [0.5, 0.6) is 0 Å². The number of para-hydroxylation sites is 1. The number of carbonyl (C=O) groups is 1. The van der Waals surface area contributed by atoms with Crippen LogP contribution in [0.1, 0.15) is 57.0 Å². The quantitative estimate of drug-likeness (QED) is 0.406. The lowest BCUT2D eigenvalue weighted by molar-refractivity contribution is -0.133. The minimum atomic E-state index is -0.319. The van der Waals surface area contributed by atoms with Crippen molar-refractivity contribution in [3.8, 4) is 0 Å². The number of aromatic nitrogens is 2. The van der Waals surface area contributed by atoms with Gasteiger partial charge in [-0.2, -0.15) is 0 Å². The Morgan fingerprint density at radius 1 is 1.00 bits per heavy atom. The molecular formula is C27H36N4O2. The van der Waals surface area contributed by atoms with E-state index in [2.05, 4.69) is 11.8 Å². The van der Waals surface area contributed by atoms with E-state index in [1.54, 1.807) is 4.57 Å². The number of fused-ring (bicyclic) bond motifs is 1. The highest BCUT2D eigenvalue weighted by molar-refractivity contribution is 5.78. The molecule has 0 saturated carbocycles. The molecule has 1 aromatic heterocycles. The van der Waals surface area contributed by atoms with Gasteiger partial charge in [0.1, 0.15) is 5.82 Å². The van der Waals surface area contributed by atoms with Gasteiger partial charge in [0.25, 0.3) is 5.56 Å². The van der Waals surface area contributed by atoms with Crippen molar-refractivity contribution in [3.63, 3.8) is 0 Å². The minimum Gasteiger partial charge on any atom is -0.332 e. The number of rotatable bonds is 11. The van der Waals surface area contributed by atoms with Crippen molar-refractivity contribution >= 4 is 16.8 Å².